The molecule has 0 spiro atoms. The number of benzene rings is 1. The van der Waals surface area contributed by atoms with Crippen LogP contribution in [0.4, 0.5) is 0 Å². The predicted molar refractivity (Wildman–Crippen MR) is 84.9 cm³/mol. The first-order chi connectivity index (χ1) is 10.3. The van der Waals surface area contributed by atoms with Crippen molar-refractivity contribution in [2.75, 3.05) is 32.8 Å². The van der Waals surface area contributed by atoms with Crippen LogP contribution in [0, 0.1) is 0 Å². The van der Waals surface area contributed by atoms with E-state index < -0.39 is 0 Å². The van der Waals surface area contributed by atoms with E-state index in [1.54, 1.807) is 0 Å². The lowest BCUT2D eigenvalue weighted by molar-refractivity contribution is 0.0947. The standard InChI is InChI=1S/C17H26N2O2/c1-2-21-16-10-5-4-9-15(16)17(20)18-11-8-14-19-12-6-3-7-13-19/h4-5,9-10H,2-3,6-8,11-14H2,1H3,(H,18,20). The third-order valence-corrected chi connectivity index (χ3v) is 3.82. The number of nitrogens with one attached hydrogen (secondary N) is 1. The predicted octanol–water partition coefficient (Wildman–Crippen LogP) is 2.69. The molecular weight excluding hydrogens is 264 g/mol. The number of carbonyl (C=O) groups is 1. The number of hydrogen-bond acceptors (Lipinski definition) is 3. The molecule has 0 unspecified atom stereocenters. The summed E-state index contributed by atoms with van der Waals surface area (Å²) in [6, 6.07) is 7.40. The zero-order valence-corrected chi connectivity index (χ0v) is 12.9. The van der Waals surface area contributed by atoms with Gasteiger partial charge in [0.05, 0.1) is 12.2 Å². The Bertz CT molecular complexity index is 442. The van der Waals surface area contributed by atoms with Crippen LogP contribution in [0.3, 0.4) is 0 Å². The molecule has 0 bridgehead atoms. The highest BCUT2D eigenvalue weighted by atomic mass is 16.5. The van der Waals surface area contributed by atoms with Gasteiger partial charge < -0.3 is 15.0 Å². The highest BCUT2D eigenvalue weighted by molar-refractivity contribution is 5.96. The highest BCUT2D eigenvalue weighted by Gasteiger charge is 2.12. The van der Waals surface area contributed by atoms with Crippen LogP contribution in [-0.4, -0.2) is 43.6 Å². The van der Waals surface area contributed by atoms with Crippen LogP contribution >= 0.6 is 0 Å². The Labute approximate surface area is 127 Å². The van der Waals surface area contributed by atoms with E-state index in [1.165, 1.54) is 32.4 Å². The van der Waals surface area contributed by atoms with Gasteiger partial charge in [0.25, 0.3) is 5.91 Å². The molecule has 0 radical (unpaired) electrons. The summed E-state index contributed by atoms with van der Waals surface area (Å²) in [6.07, 6.45) is 4.99. The monoisotopic (exact) mass is 290 g/mol. The van der Waals surface area contributed by atoms with Crippen molar-refractivity contribution >= 4 is 5.91 Å². The second-order valence-electron chi connectivity index (χ2n) is 5.44. The molecule has 4 nitrogen and oxygen atoms in total. The van der Waals surface area contributed by atoms with E-state index in [-0.39, 0.29) is 5.91 Å². The van der Waals surface area contributed by atoms with Crippen molar-refractivity contribution < 1.29 is 9.53 Å². The maximum absolute atomic E-state index is 12.2. The van der Waals surface area contributed by atoms with E-state index >= 15 is 0 Å². The number of hydrogen-bond donors (Lipinski definition) is 1. The average Bonchev–Trinajstić information content (AvgIpc) is 2.53. The molecule has 0 aromatic heterocycles. The third kappa shape index (κ3) is 5.05. The second-order valence-corrected chi connectivity index (χ2v) is 5.44. The molecule has 2 rings (SSSR count). The molecule has 116 valence electrons. The molecule has 1 aromatic carbocycles. The molecule has 1 saturated heterocycles. The zero-order chi connectivity index (χ0) is 14.9. The number of likely N-dealkylation sites (tertiary alicyclic amines) is 1. The van der Waals surface area contributed by atoms with Gasteiger partial charge in [-0.25, -0.2) is 0 Å². The number of nitrogens with zero attached hydrogens (tertiary/aromatic N) is 1. The SMILES string of the molecule is CCOc1ccccc1C(=O)NCCCN1CCCCC1. The van der Waals surface area contributed by atoms with Crippen LogP contribution in [0.5, 0.6) is 5.75 Å². The van der Waals surface area contributed by atoms with E-state index in [1.807, 2.05) is 31.2 Å². The highest BCUT2D eigenvalue weighted by Crippen LogP contribution is 2.17. The smallest absolute Gasteiger partial charge is 0.255 e. The van der Waals surface area contributed by atoms with E-state index in [4.69, 9.17) is 4.74 Å². The van der Waals surface area contributed by atoms with Gasteiger partial charge in [0, 0.05) is 6.54 Å². The van der Waals surface area contributed by atoms with Crippen molar-refractivity contribution in [3.05, 3.63) is 29.8 Å². The van der Waals surface area contributed by atoms with Gasteiger partial charge in [0.15, 0.2) is 0 Å². The molecule has 4 heteroatoms. The van der Waals surface area contributed by atoms with Crippen LogP contribution in [0.2, 0.25) is 0 Å². The number of ether oxygens (including phenoxy) is 1. The number of rotatable bonds is 7. The van der Waals surface area contributed by atoms with Gasteiger partial charge in [0.2, 0.25) is 0 Å². The normalized spacial score (nSPS) is 15.7. The largest absolute Gasteiger partial charge is 0.493 e. The Balaban J connectivity index is 1.74. The fraction of sp³-hybridized carbons (Fsp3) is 0.588. The first kappa shape index (κ1) is 15.8. The van der Waals surface area contributed by atoms with Crippen molar-refractivity contribution in [2.45, 2.75) is 32.6 Å². The fourth-order valence-corrected chi connectivity index (χ4v) is 2.72. The van der Waals surface area contributed by atoms with Gasteiger partial charge in [-0.15, -0.1) is 0 Å². The first-order valence-corrected chi connectivity index (χ1v) is 8.03. The van der Waals surface area contributed by atoms with Crippen LogP contribution in [-0.2, 0) is 0 Å². The molecule has 0 saturated carbocycles. The molecule has 21 heavy (non-hydrogen) atoms. The first-order valence-electron chi connectivity index (χ1n) is 8.03. The Morgan fingerprint density at radius 3 is 2.76 bits per heavy atom. The van der Waals surface area contributed by atoms with Gasteiger partial charge in [-0.05, 0) is 58.0 Å². The van der Waals surface area contributed by atoms with E-state index in [0.29, 0.717) is 17.9 Å². The maximum Gasteiger partial charge on any atom is 0.255 e. The van der Waals surface area contributed by atoms with Crippen LogP contribution in [0.15, 0.2) is 24.3 Å². The minimum atomic E-state index is -0.0438. The van der Waals surface area contributed by atoms with E-state index in [9.17, 15) is 4.79 Å². The molecule has 1 aliphatic heterocycles. The van der Waals surface area contributed by atoms with Crippen molar-refractivity contribution in [1.29, 1.82) is 0 Å². The average molecular weight is 290 g/mol. The van der Waals surface area contributed by atoms with Crippen LogP contribution < -0.4 is 10.1 Å². The molecule has 0 aliphatic carbocycles. The molecule has 1 fully saturated rings. The summed E-state index contributed by atoms with van der Waals surface area (Å²) < 4.78 is 5.49. The molecule has 1 aliphatic rings. The zero-order valence-electron chi connectivity index (χ0n) is 12.9. The Kier molecular flexibility index (Phi) is 6.54. The molecule has 1 heterocycles. The summed E-state index contributed by atoms with van der Waals surface area (Å²) in [5.41, 5.74) is 0.623. The van der Waals surface area contributed by atoms with Gasteiger partial charge in [-0.1, -0.05) is 18.6 Å². The van der Waals surface area contributed by atoms with E-state index in [0.717, 1.165) is 19.5 Å². The number of piperidine rings is 1. The molecule has 1 amide bonds. The number of para-hydroxylation sites is 1. The van der Waals surface area contributed by atoms with Crippen molar-refractivity contribution in [1.82, 2.24) is 10.2 Å². The Morgan fingerprint density at radius 2 is 2.00 bits per heavy atom. The quantitative estimate of drug-likeness (QED) is 0.785. The lowest BCUT2D eigenvalue weighted by Crippen LogP contribution is -2.33. The summed E-state index contributed by atoms with van der Waals surface area (Å²) in [5, 5.41) is 2.99. The van der Waals surface area contributed by atoms with Crippen LogP contribution in [0.25, 0.3) is 0 Å². The van der Waals surface area contributed by atoms with Crippen LogP contribution in [0.1, 0.15) is 43.0 Å². The Morgan fingerprint density at radius 1 is 1.24 bits per heavy atom. The number of carbonyl (C=O) groups excluding carboxylic acids is 1. The molecule has 0 atom stereocenters. The molecule has 1 N–H and O–H groups in total. The minimum absolute atomic E-state index is 0.0438. The van der Waals surface area contributed by atoms with E-state index in [2.05, 4.69) is 10.2 Å². The maximum atomic E-state index is 12.2. The summed E-state index contributed by atoms with van der Waals surface area (Å²) in [7, 11) is 0. The molecular formula is C17H26N2O2. The third-order valence-electron chi connectivity index (χ3n) is 3.82. The van der Waals surface area contributed by atoms with Crippen molar-refractivity contribution in [2.24, 2.45) is 0 Å². The second kappa shape index (κ2) is 8.67. The summed E-state index contributed by atoms with van der Waals surface area (Å²) in [6.45, 7) is 6.71. The van der Waals surface area contributed by atoms with Gasteiger partial charge in [-0.3, -0.25) is 4.79 Å². The summed E-state index contributed by atoms with van der Waals surface area (Å²) in [5.74, 6) is 0.617. The lowest BCUT2D eigenvalue weighted by Gasteiger charge is -2.26. The van der Waals surface area contributed by atoms with Gasteiger partial charge in [0.1, 0.15) is 5.75 Å². The molecule has 1 aromatic rings. The Hall–Kier alpha value is -1.55. The fourth-order valence-electron chi connectivity index (χ4n) is 2.72. The topological polar surface area (TPSA) is 41.6 Å². The van der Waals surface area contributed by atoms with Crippen molar-refractivity contribution in [3.63, 3.8) is 0 Å². The van der Waals surface area contributed by atoms with Gasteiger partial charge in [-0.2, -0.15) is 0 Å². The van der Waals surface area contributed by atoms with Gasteiger partial charge >= 0.3 is 0 Å². The lowest BCUT2D eigenvalue weighted by atomic mass is 10.1. The number of amides is 1. The summed E-state index contributed by atoms with van der Waals surface area (Å²) >= 11 is 0. The minimum Gasteiger partial charge on any atom is -0.493 e. The van der Waals surface area contributed by atoms with Crippen molar-refractivity contribution in [3.8, 4) is 5.75 Å². The summed E-state index contributed by atoms with van der Waals surface area (Å²) in [4.78, 5) is 14.7.